The Morgan fingerprint density at radius 1 is 1.36 bits per heavy atom. The zero-order valence-corrected chi connectivity index (χ0v) is 16.7. The van der Waals surface area contributed by atoms with E-state index in [0.717, 1.165) is 5.56 Å². The number of nitriles is 1. The smallest absolute Gasteiger partial charge is 0.233 e. The predicted molar refractivity (Wildman–Crippen MR) is 109 cm³/mol. The SMILES string of the molecule is C=CCOc1nc(SCc2ccccc2)nc2c1[C@H](C(C)C)C(C#N)=C(N)O2. The van der Waals surface area contributed by atoms with Crippen LogP contribution in [-0.2, 0) is 5.75 Å². The second-order valence-corrected chi connectivity index (χ2v) is 7.56. The summed E-state index contributed by atoms with van der Waals surface area (Å²) in [6.07, 6.45) is 1.65. The molecule has 2 aromatic rings. The van der Waals surface area contributed by atoms with Gasteiger partial charge in [0.15, 0.2) is 5.16 Å². The van der Waals surface area contributed by atoms with Gasteiger partial charge in [-0.25, -0.2) is 0 Å². The molecule has 0 aliphatic carbocycles. The third-order valence-electron chi connectivity index (χ3n) is 4.29. The lowest BCUT2D eigenvalue weighted by Gasteiger charge is -2.29. The van der Waals surface area contributed by atoms with Crippen molar-refractivity contribution in [1.29, 1.82) is 5.26 Å². The van der Waals surface area contributed by atoms with Crippen molar-refractivity contribution in [3.63, 3.8) is 0 Å². The van der Waals surface area contributed by atoms with E-state index in [-0.39, 0.29) is 24.3 Å². The van der Waals surface area contributed by atoms with Crippen LogP contribution in [0.2, 0.25) is 0 Å². The monoisotopic (exact) mass is 394 g/mol. The van der Waals surface area contributed by atoms with Crippen molar-refractivity contribution in [2.24, 2.45) is 11.7 Å². The van der Waals surface area contributed by atoms with E-state index in [9.17, 15) is 5.26 Å². The summed E-state index contributed by atoms with van der Waals surface area (Å²) < 4.78 is 11.5. The second-order valence-electron chi connectivity index (χ2n) is 6.62. The van der Waals surface area contributed by atoms with Gasteiger partial charge in [0, 0.05) is 11.7 Å². The molecule has 2 N–H and O–H groups in total. The first-order valence-corrected chi connectivity index (χ1v) is 9.93. The van der Waals surface area contributed by atoms with E-state index in [1.165, 1.54) is 11.8 Å². The molecule has 1 aliphatic rings. The normalized spacial score (nSPS) is 15.6. The van der Waals surface area contributed by atoms with E-state index in [2.05, 4.69) is 22.6 Å². The summed E-state index contributed by atoms with van der Waals surface area (Å²) in [6, 6.07) is 12.2. The van der Waals surface area contributed by atoms with Crippen LogP contribution < -0.4 is 15.2 Å². The van der Waals surface area contributed by atoms with Crippen LogP contribution in [0.4, 0.5) is 0 Å². The minimum absolute atomic E-state index is 0.0843. The minimum atomic E-state index is -0.290. The molecule has 1 atom stereocenters. The molecule has 0 spiro atoms. The highest BCUT2D eigenvalue weighted by molar-refractivity contribution is 7.98. The van der Waals surface area contributed by atoms with Crippen molar-refractivity contribution in [2.75, 3.05) is 6.61 Å². The van der Waals surface area contributed by atoms with Crippen molar-refractivity contribution in [3.8, 4) is 17.8 Å². The van der Waals surface area contributed by atoms with E-state index in [1.54, 1.807) is 6.08 Å². The Labute approximate surface area is 169 Å². The highest BCUT2D eigenvalue weighted by atomic mass is 32.2. The first-order valence-electron chi connectivity index (χ1n) is 8.95. The van der Waals surface area contributed by atoms with Gasteiger partial charge in [-0.2, -0.15) is 15.2 Å². The Bertz CT molecular complexity index is 935. The van der Waals surface area contributed by atoms with Crippen LogP contribution in [0.5, 0.6) is 11.8 Å². The molecule has 0 fully saturated rings. The molecule has 0 saturated heterocycles. The summed E-state index contributed by atoms with van der Waals surface area (Å²) >= 11 is 1.48. The molecule has 0 amide bonds. The fourth-order valence-electron chi connectivity index (χ4n) is 3.04. The van der Waals surface area contributed by atoms with Crippen LogP contribution in [-0.4, -0.2) is 16.6 Å². The molecule has 0 saturated carbocycles. The minimum Gasteiger partial charge on any atom is -0.473 e. The average Bonchev–Trinajstić information content (AvgIpc) is 2.69. The van der Waals surface area contributed by atoms with Gasteiger partial charge in [0.2, 0.25) is 17.6 Å². The molecule has 1 aromatic carbocycles. The Morgan fingerprint density at radius 2 is 2.11 bits per heavy atom. The highest BCUT2D eigenvalue weighted by Gasteiger charge is 2.36. The summed E-state index contributed by atoms with van der Waals surface area (Å²) in [5, 5.41) is 10.1. The first kappa shape index (κ1) is 19.8. The van der Waals surface area contributed by atoms with Gasteiger partial charge in [0.1, 0.15) is 12.7 Å². The molecule has 6 nitrogen and oxygen atoms in total. The number of hydrogen-bond donors (Lipinski definition) is 1. The number of fused-ring (bicyclic) bond motifs is 1. The fraction of sp³-hybridized carbons (Fsp3) is 0.286. The van der Waals surface area contributed by atoms with E-state index >= 15 is 0 Å². The van der Waals surface area contributed by atoms with Crippen LogP contribution in [0.1, 0.15) is 30.9 Å². The van der Waals surface area contributed by atoms with Crippen molar-refractivity contribution < 1.29 is 9.47 Å². The number of aromatic nitrogens is 2. The molecule has 2 heterocycles. The van der Waals surface area contributed by atoms with E-state index < -0.39 is 0 Å². The molecule has 1 aromatic heterocycles. The lowest BCUT2D eigenvalue weighted by atomic mass is 9.82. The summed E-state index contributed by atoms with van der Waals surface area (Å²) in [5.41, 5.74) is 8.20. The van der Waals surface area contributed by atoms with Crippen LogP contribution >= 0.6 is 11.8 Å². The molecular formula is C21H22N4O2S. The topological polar surface area (TPSA) is 94.1 Å². The van der Waals surface area contributed by atoms with Crippen molar-refractivity contribution in [3.05, 3.63) is 65.6 Å². The van der Waals surface area contributed by atoms with E-state index in [1.807, 2.05) is 44.2 Å². The molecule has 1 aliphatic heterocycles. The number of nitrogens with zero attached hydrogens (tertiary/aromatic N) is 3. The van der Waals surface area contributed by atoms with Gasteiger partial charge in [-0.15, -0.1) is 0 Å². The van der Waals surface area contributed by atoms with Gasteiger partial charge in [-0.05, 0) is 11.5 Å². The molecular weight excluding hydrogens is 372 g/mol. The Morgan fingerprint density at radius 3 is 2.75 bits per heavy atom. The summed E-state index contributed by atoms with van der Waals surface area (Å²) in [7, 11) is 0. The Kier molecular flexibility index (Phi) is 6.22. The number of nitrogens with two attached hydrogens (primary N) is 1. The van der Waals surface area contributed by atoms with Gasteiger partial charge in [-0.3, -0.25) is 0 Å². The van der Waals surface area contributed by atoms with E-state index in [0.29, 0.717) is 33.8 Å². The zero-order chi connectivity index (χ0) is 20.1. The van der Waals surface area contributed by atoms with E-state index in [4.69, 9.17) is 15.2 Å². The lowest BCUT2D eigenvalue weighted by molar-refractivity contribution is 0.306. The summed E-state index contributed by atoms with van der Waals surface area (Å²) in [5.74, 6) is 1.35. The first-order chi connectivity index (χ1) is 13.5. The number of benzene rings is 1. The van der Waals surface area contributed by atoms with Crippen LogP contribution in [0.25, 0.3) is 0 Å². The summed E-state index contributed by atoms with van der Waals surface area (Å²) in [4.78, 5) is 9.14. The zero-order valence-electron chi connectivity index (χ0n) is 15.9. The molecule has 144 valence electrons. The molecule has 28 heavy (non-hydrogen) atoms. The number of allylic oxidation sites excluding steroid dienone is 1. The van der Waals surface area contributed by atoms with Gasteiger partial charge in [0.25, 0.3) is 0 Å². The van der Waals surface area contributed by atoms with Gasteiger partial charge in [0.05, 0.1) is 11.1 Å². The standard InChI is InChI=1S/C21H22N4O2S/c1-4-10-26-19-17-16(13(2)3)15(11-22)18(23)27-20(17)25-21(24-19)28-12-14-8-6-5-7-9-14/h4-9,13,16H,1,10,12,23H2,2-3H3/t16-/m1/s1. The maximum absolute atomic E-state index is 9.57. The van der Waals surface area contributed by atoms with Crippen LogP contribution in [0, 0.1) is 17.2 Å². The molecule has 3 rings (SSSR count). The molecule has 7 heteroatoms. The highest BCUT2D eigenvalue weighted by Crippen LogP contribution is 2.46. The Hall–Kier alpha value is -2.98. The van der Waals surface area contributed by atoms with Crippen molar-refractivity contribution in [2.45, 2.75) is 30.7 Å². The maximum atomic E-state index is 9.57. The molecule has 0 radical (unpaired) electrons. The second kappa shape index (κ2) is 8.81. The van der Waals surface area contributed by atoms with Crippen molar-refractivity contribution in [1.82, 2.24) is 9.97 Å². The number of ether oxygens (including phenoxy) is 2. The number of rotatable bonds is 7. The lowest BCUT2D eigenvalue weighted by Crippen LogP contribution is -2.25. The van der Waals surface area contributed by atoms with Crippen molar-refractivity contribution >= 4 is 11.8 Å². The molecule has 0 unspecified atom stereocenters. The number of hydrogen-bond acceptors (Lipinski definition) is 7. The Balaban J connectivity index is 2.01. The van der Waals surface area contributed by atoms with Gasteiger partial charge in [-0.1, -0.05) is 68.6 Å². The largest absolute Gasteiger partial charge is 0.473 e. The fourth-order valence-corrected chi connectivity index (χ4v) is 3.82. The third-order valence-corrected chi connectivity index (χ3v) is 5.20. The molecule has 0 bridgehead atoms. The quantitative estimate of drug-likeness (QED) is 0.428. The van der Waals surface area contributed by atoms with Crippen LogP contribution in [0.3, 0.4) is 0 Å². The average molecular weight is 395 g/mol. The third kappa shape index (κ3) is 4.12. The van der Waals surface area contributed by atoms with Crippen LogP contribution in [0.15, 0.2) is 59.6 Å². The maximum Gasteiger partial charge on any atom is 0.233 e. The van der Waals surface area contributed by atoms with Gasteiger partial charge >= 0.3 is 0 Å². The summed E-state index contributed by atoms with van der Waals surface area (Å²) in [6.45, 7) is 8.01. The van der Waals surface area contributed by atoms with Gasteiger partial charge < -0.3 is 15.2 Å². The predicted octanol–water partition coefficient (Wildman–Crippen LogP) is 4.16. The number of thioether (sulfide) groups is 1.